The van der Waals surface area contributed by atoms with Gasteiger partial charge < -0.3 is 33.8 Å². The smallest absolute Gasteiger partial charge is 0.462 e. The predicted octanol–water partition coefficient (Wildman–Crippen LogP) is 20.5. The summed E-state index contributed by atoms with van der Waals surface area (Å²) in [7, 11) is -9.90. The number of phosphoric acid groups is 2. The first kappa shape index (κ1) is 88.1. The van der Waals surface area contributed by atoms with Crippen LogP contribution in [-0.2, 0) is 65.4 Å². The van der Waals surface area contributed by atoms with Gasteiger partial charge in [-0.05, 0) is 31.6 Å². The third-order valence-corrected chi connectivity index (χ3v) is 18.4. The first-order chi connectivity index (χ1) is 43.5. The summed E-state index contributed by atoms with van der Waals surface area (Å²) in [6, 6.07) is 0. The molecular weight excluding hydrogens is 1190 g/mol. The molecule has 17 nitrogen and oxygen atoms in total. The van der Waals surface area contributed by atoms with E-state index in [0.29, 0.717) is 25.7 Å². The van der Waals surface area contributed by atoms with Crippen molar-refractivity contribution in [1.82, 2.24) is 0 Å². The standard InChI is InChI=1S/C71H138O17P2/c1-6-9-12-15-18-21-23-25-26-28-30-37-42-47-52-57-71(76)88-67(61-82-69(74)55-50-45-40-35-32-31-34-38-43-48-53-64(4)5)63-86-90(79,80)84-59-65(72)58-83-89(77,78)85-62-66(60-81-68(73)54-49-44-39-33-20-17-14-11-8-3)87-70(75)56-51-46-41-36-29-27-24-22-19-16-13-10-7-2/h64-67,72H,6-63H2,1-5H3,(H,77,78)(H,79,80)/t65-,66+,67+/m0/s1. The molecule has 0 radical (unpaired) electrons. The number of hydrogen-bond donors (Lipinski definition) is 3. The average molecular weight is 1330 g/mol. The summed E-state index contributed by atoms with van der Waals surface area (Å²) in [5, 5.41) is 10.6. The van der Waals surface area contributed by atoms with Crippen molar-refractivity contribution in [2.45, 2.75) is 387 Å². The number of phosphoric ester groups is 2. The Hall–Kier alpha value is -1.94. The van der Waals surface area contributed by atoms with Crippen LogP contribution in [0.1, 0.15) is 369 Å². The van der Waals surface area contributed by atoms with Crippen molar-refractivity contribution in [3.63, 3.8) is 0 Å². The first-order valence-electron chi connectivity index (χ1n) is 37.1. The highest BCUT2D eigenvalue weighted by Gasteiger charge is 2.30. The zero-order chi connectivity index (χ0) is 66.3. The van der Waals surface area contributed by atoms with Crippen molar-refractivity contribution < 1.29 is 80.2 Å². The molecule has 0 rings (SSSR count). The lowest BCUT2D eigenvalue weighted by molar-refractivity contribution is -0.161. The van der Waals surface area contributed by atoms with Crippen molar-refractivity contribution in [2.75, 3.05) is 39.6 Å². The third-order valence-electron chi connectivity index (χ3n) is 16.5. The molecule has 0 bridgehead atoms. The minimum atomic E-state index is -4.95. The van der Waals surface area contributed by atoms with Crippen LogP contribution in [0, 0.1) is 5.92 Å². The van der Waals surface area contributed by atoms with Crippen LogP contribution in [0.15, 0.2) is 0 Å². The fraction of sp³-hybridized carbons (Fsp3) is 0.944. The van der Waals surface area contributed by atoms with E-state index in [9.17, 15) is 43.2 Å². The van der Waals surface area contributed by atoms with Gasteiger partial charge in [0, 0.05) is 25.7 Å². The maximum Gasteiger partial charge on any atom is 0.472 e. The average Bonchev–Trinajstić information content (AvgIpc) is 3.72. The molecule has 0 heterocycles. The van der Waals surface area contributed by atoms with E-state index >= 15 is 0 Å². The van der Waals surface area contributed by atoms with Crippen LogP contribution < -0.4 is 0 Å². The van der Waals surface area contributed by atoms with Gasteiger partial charge in [-0.25, -0.2) is 9.13 Å². The molecule has 0 aromatic carbocycles. The van der Waals surface area contributed by atoms with Crippen LogP contribution in [0.4, 0.5) is 0 Å². The lowest BCUT2D eigenvalue weighted by Crippen LogP contribution is -2.30. The molecule has 5 atom stereocenters. The van der Waals surface area contributed by atoms with Gasteiger partial charge in [-0.15, -0.1) is 0 Å². The van der Waals surface area contributed by atoms with Gasteiger partial charge in [0.2, 0.25) is 0 Å². The Balaban J connectivity index is 5.24. The second-order valence-electron chi connectivity index (χ2n) is 26.1. The molecule has 19 heteroatoms. The Morgan fingerprint density at radius 2 is 0.511 bits per heavy atom. The van der Waals surface area contributed by atoms with Gasteiger partial charge >= 0.3 is 39.5 Å². The minimum absolute atomic E-state index is 0.108. The van der Waals surface area contributed by atoms with E-state index in [1.165, 1.54) is 193 Å². The highest BCUT2D eigenvalue weighted by molar-refractivity contribution is 7.47. The lowest BCUT2D eigenvalue weighted by Gasteiger charge is -2.21. The fourth-order valence-corrected chi connectivity index (χ4v) is 12.4. The molecule has 0 aliphatic heterocycles. The van der Waals surface area contributed by atoms with Gasteiger partial charge in [-0.3, -0.25) is 37.3 Å². The number of carbonyl (C=O) groups excluding carboxylic acids is 4. The van der Waals surface area contributed by atoms with E-state index < -0.39 is 97.5 Å². The molecule has 0 aromatic rings. The lowest BCUT2D eigenvalue weighted by atomic mass is 10.0. The molecule has 534 valence electrons. The number of rotatable bonds is 71. The van der Waals surface area contributed by atoms with E-state index in [1.54, 1.807) is 0 Å². The highest BCUT2D eigenvalue weighted by Crippen LogP contribution is 2.45. The summed E-state index contributed by atoms with van der Waals surface area (Å²) >= 11 is 0. The maximum atomic E-state index is 13.0. The van der Waals surface area contributed by atoms with Gasteiger partial charge in [0.15, 0.2) is 12.2 Å². The number of esters is 4. The fourth-order valence-electron chi connectivity index (χ4n) is 10.8. The van der Waals surface area contributed by atoms with E-state index in [-0.39, 0.29) is 25.7 Å². The zero-order valence-electron chi connectivity index (χ0n) is 58.3. The van der Waals surface area contributed by atoms with Gasteiger partial charge in [-0.1, -0.05) is 317 Å². The molecule has 0 amide bonds. The molecule has 90 heavy (non-hydrogen) atoms. The molecule has 0 aromatic heterocycles. The molecule has 0 fully saturated rings. The van der Waals surface area contributed by atoms with Gasteiger partial charge in [0.05, 0.1) is 26.4 Å². The Labute approximate surface area is 549 Å². The van der Waals surface area contributed by atoms with E-state index in [4.69, 9.17) is 37.0 Å². The molecule has 0 aliphatic rings. The van der Waals surface area contributed by atoms with Crippen LogP contribution in [0.25, 0.3) is 0 Å². The summed E-state index contributed by atoms with van der Waals surface area (Å²) in [4.78, 5) is 72.6. The SMILES string of the molecule is CCCCCCCCCCCCCCCCCC(=O)O[C@H](COC(=O)CCCCCCCCCCCCC(C)C)COP(=O)(O)OC[C@@H](O)COP(=O)(O)OC[C@@H](COC(=O)CCCCCCCCCCC)OC(=O)CCCCCCCCCCCCCCC. The second-order valence-corrected chi connectivity index (χ2v) is 29.0. The van der Waals surface area contributed by atoms with Crippen molar-refractivity contribution in [1.29, 1.82) is 0 Å². The maximum absolute atomic E-state index is 13.0. The van der Waals surface area contributed by atoms with Crippen LogP contribution in [-0.4, -0.2) is 96.7 Å². The number of aliphatic hydroxyl groups is 1. The molecule has 2 unspecified atom stereocenters. The summed E-state index contributed by atoms with van der Waals surface area (Å²) in [5.74, 6) is -1.36. The number of ether oxygens (including phenoxy) is 4. The molecule has 3 N–H and O–H groups in total. The minimum Gasteiger partial charge on any atom is -0.462 e. The normalized spacial score (nSPS) is 14.1. The number of hydrogen-bond acceptors (Lipinski definition) is 15. The molecule has 0 saturated heterocycles. The predicted molar refractivity (Wildman–Crippen MR) is 363 cm³/mol. The van der Waals surface area contributed by atoms with E-state index in [1.807, 2.05) is 0 Å². The molecular formula is C71H138O17P2. The van der Waals surface area contributed by atoms with Crippen molar-refractivity contribution in [3.8, 4) is 0 Å². The van der Waals surface area contributed by atoms with Gasteiger partial charge in [0.25, 0.3) is 0 Å². The quantitative estimate of drug-likeness (QED) is 0.0222. The zero-order valence-corrected chi connectivity index (χ0v) is 60.1. The number of aliphatic hydroxyl groups excluding tert-OH is 1. The van der Waals surface area contributed by atoms with Crippen LogP contribution in [0.5, 0.6) is 0 Å². The monoisotopic (exact) mass is 1320 g/mol. The van der Waals surface area contributed by atoms with Crippen LogP contribution in [0.2, 0.25) is 0 Å². The van der Waals surface area contributed by atoms with Gasteiger partial charge in [0.1, 0.15) is 19.3 Å². The van der Waals surface area contributed by atoms with Crippen LogP contribution in [0.3, 0.4) is 0 Å². The summed E-state index contributed by atoms with van der Waals surface area (Å²) in [6.07, 6.45) is 51.2. The summed E-state index contributed by atoms with van der Waals surface area (Å²) in [5.41, 5.74) is 0. The van der Waals surface area contributed by atoms with Crippen LogP contribution >= 0.6 is 15.6 Å². The number of unbranched alkanes of at least 4 members (excludes halogenated alkanes) is 43. The first-order valence-corrected chi connectivity index (χ1v) is 40.1. The Kier molecular flexibility index (Phi) is 63.0. The van der Waals surface area contributed by atoms with Crippen molar-refractivity contribution >= 4 is 39.5 Å². The Morgan fingerprint density at radius 1 is 0.300 bits per heavy atom. The van der Waals surface area contributed by atoms with E-state index in [2.05, 4.69) is 34.6 Å². The van der Waals surface area contributed by atoms with Crippen molar-refractivity contribution in [2.24, 2.45) is 5.92 Å². The molecule has 0 saturated carbocycles. The molecule has 0 spiro atoms. The second kappa shape index (κ2) is 64.4. The Morgan fingerprint density at radius 3 is 0.756 bits per heavy atom. The highest BCUT2D eigenvalue weighted by atomic mass is 31.2. The summed E-state index contributed by atoms with van der Waals surface area (Å²) in [6.45, 7) is 7.24. The Bertz CT molecular complexity index is 1740. The third kappa shape index (κ3) is 64.8. The van der Waals surface area contributed by atoms with Gasteiger partial charge in [-0.2, -0.15) is 0 Å². The summed E-state index contributed by atoms with van der Waals surface area (Å²) < 4.78 is 68.3. The number of carbonyl (C=O) groups is 4. The van der Waals surface area contributed by atoms with E-state index in [0.717, 1.165) is 95.8 Å². The van der Waals surface area contributed by atoms with Crippen molar-refractivity contribution in [3.05, 3.63) is 0 Å². The largest absolute Gasteiger partial charge is 0.472 e. The topological polar surface area (TPSA) is 237 Å². The molecule has 0 aliphatic carbocycles.